The summed E-state index contributed by atoms with van der Waals surface area (Å²) in [4.78, 5) is 21.4. The fraction of sp³-hybridized carbons (Fsp3) is 0.130. The average molecular weight is 402 g/mol. The number of para-hydroxylation sites is 1. The molecule has 6 heteroatoms. The lowest BCUT2D eigenvalue weighted by Crippen LogP contribution is -2.84. The summed E-state index contributed by atoms with van der Waals surface area (Å²) in [5.74, 6) is 0.641. The number of aryl methyl sites for hydroxylation is 1. The molecule has 0 amide bonds. The third-order valence-electron chi connectivity index (χ3n) is 5.11. The molecule has 0 spiro atoms. The number of thiophene rings is 1. The zero-order valence-corrected chi connectivity index (χ0v) is 16.7. The number of fused-ring (bicyclic) bond motifs is 3. The van der Waals surface area contributed by atoms with E-state index in [-0.39, 0.29) is 17.2 Å². The number of nitrogens with zero attached hydrogens (tertiary/aromatic N) is 1. The molecule has 5 nitrogen and oxygen atoms in total. The minimum atomic E-state index is -0.238. The molecule has 3 N–H and O–H groups in total. The Kier molecular flexibility index (Phi) is 4.50. The van der Waals surface area contributed by atoms with Crippen LogP contribution in [0.2, 0.25) is 0 Å². The monoisotopic (exact) mass is 402 g/mol. The number of quaternary nitrogens is 1. The van der Waals surface area contributed by atoms with E-state index in [1.165, 1.54) is 16.0 Å². The van der Waals surface area contributed by atoms with Gasteiger partial charge in [0.15, 0.2) is 5.82 Å². The molecule has 0 unspecified atom stereocenters. The second kappa shape index (κ2) is 7.31. The van der Waals surface area contributed by atoms with Gasteiger partial charge in [-0.15, -0.1) is 11.3 Å². The number of furan rings is 1. The molecule has 0 aliphatic heterocycles. The van der Waals surface area contributed by atoms with E-state index in [1.54, 1.807) is 11.3 Å². The van der Waals surface area contributed by atoms with Crippen molar-refractivity contribution in [2.75, 3.05) is 0 Å². The first kappa shape index (κ1) is 17.8. The van der Waals surface area contributed by atoms with Crippen molar-refractivity contribution >= 4 is 33.4 Å². The number of hydrogen-bond donors (Lipinski definition) is 2. The number of hydrogen-bond acceptors (Lipinski definition) is 4. The van der Waals surface area contributed by atoms with Crippen LogP contribution >= 0.6 is 11.3 Å². The first-order chi connectivity index (χ1) is 14.2. The lowest BCUT2D eigenvalue weighted by Gasteiger charge is -2.15. The summed E-state index contributed by atoms with van der Waals surface area (Å²) in [7, 11) is 0. The van der Waals surface area contributed by atoms with Crippen LogP contribution in [0.3, 0.4) is 0 Å². The molecule has 0 radical (unpaired) electrons. The minimum absolute atomic E-state index is 0.151. The van der Waals surface area contributed by atoms with E-state index in [2.05, 4.69) is 59.0 Å². The van der Waals surface area contributed by atoms with E-state index in [0.29, 0.717) is 23.5 Å². The van der Waals surface area contributed by atoms with Gasteiger partial charge in [-0.25, -0.2) is 4.98 Å². The van der Waals surface area contributed by atoms with Crippen LogP contribution in [0.5, 0.6) is 0 Å². The summed E-state index contributed by atoms with van der Waals surface area (Å²) >= 11 is 1.74. The van der Waals surface area contributed by atoms with Crippen LogP contribution in [0.1, 0.15) is 27.9 Å². The molecule has 0 aliphatic rings. The largest absolute Gasteiger partial charge is 0.449 e. The third kappa shape index (κ3) is 3.37. The predicted molar refractivity (Wildman–Crippen MR) is 115 cm³/mol. The molecule has 0 saturated carbocycles. The van der Waals surface area contributed by atoms with Gasteiger partial charge in [0.1, 0.15) is 23.7 Å². The second-order valence-corrected chi connectivity index (χ2v) is 8.11. The molecule has 0 aliphatic carbocycles. The van der Waals surface area contributed by atoms with Gasteiger partial charge >= 0.3 is 0 Å². The van der Waals surface area contributed by atoms with Gasteiger partial charge in [0.05, 0.1) is 4.88 Å². The van der Waals surface area contributed by atoms with Gasteiger partial charge in [-0.1, -0.05) is 48.0 Å². The van der Waals surface area contributed by atoms with Crippen molar-refractivity contribution in [3.05, 3.63) is 98.2 Å². The number of nitrogens with one attached hydrogen (secondary N) is 1. The second-order valence-electron chi connectivity index (χ2n) is 7.13. The summed E-state index contributed by atoms with van der Waals surface area (Å²) in [5.41, 5.74) is 3.81. The molecular formula is C23H20N3O2S+. The van der Waals surface area contributed by atoms with Crippen molar-refractivity contribution in [2.45, 2.75) is 19.5 Å². The van der Waals surface area contributed by atoms with E-state index in [4.69, 9.17) is 9.40 Å². The zero-order chi connectivity index (χ0) is 19.8. The molecule has 5 aromatic rings. The van der Waals surface area contributed by atoms with Crippen LogP contribution in [0, 0.1) is 6.92 Å². The van der Waals surface area contributed by atoms with Gasteiger partial charge < -0.3 is 14.7 Å². The first-order valence-corrected chi connectivity index (χ1v) is 10.4. The number of benzene rings is 2. The number of nitrogens with two attached hydrogens (primary N) is 1. The lowest BCUT2D eigenvalue weighted by atomic mass is 10.0. The fourth-order valence-electron chi connectivity index (χ4n) is 3.63. The molecule has 144 valence electrons. The molecule has 0 fully saturated rings. The van der Waals surface area contributed by atoms with Gasteiger partial charge in [0.2, 0.25) is 5.58 Å². The number of aromatic nitrogens is 2. The van der Waals surface area contributed by atoms with Crippen molar-refractivity contribution in [3.63, 3.8) is 0 Å². The molecule has 1 atom stereocenters. The topological polar surface area (TPSA) is 75.5 Å². The molecule has 0 bridgehead atoms. The van der Waals surface area contributed by atoms with Crippen molar-refractivity contribution in [1.29, 1.82) is 0 Å². The molecule has 29 heavy (non-hydrogen) atoms. The Balaban J connectivity index is 1.50. The van der Waals surface area contributed by atoms with Crippen molar-refractivity contribution in [2.24, 2.45) is 0 Å². The Labute approximate surface area is 171 Å². The SMILES string of the molecule is Cc1ccc([C@@H]([NH2+]Cc2nc3c(oc4ccccc43)c(=O)[nH]2)c2cccs2)cc1. The maximum absolute atomic E-state index is 12.5. The van der Waals surface area contributed by atoms with E-state index in [9.17, 15) is 4.79 Å². The first-order valence-electron chi connectivity index (χ1n) is 9.53. The van der Waals surface area contributed by atoms with Crippen molar-refractivity contribution in [3.8, 4) is 0 Å². The third-order valence-corrected chi connectivity index (χ3v) is 6.07. The van der Waals surface area contributed by atoms with Crippen LogP contribution in [0.4, 0.5) is 0 Å². The highest BCUT2D eigenvalue weighted by molar-refractivity contribution is 7.10. The summed E-state index contributed by atoms with van der Waals surface area (Å²) in [6, 6.07) is 20.6. The van der Waals surface area contributed by atoms with Gasteiger partial charge in [-0.3, -0.25) is 4.79 Å². The normalized spacial score (nSPS) is 12.6. The van der Waals surface area contributed by atoms with E-state index in [0.717, 1.165) is 5.39 Å². The van der Waals surface area contributed by atoms with Gasteiger partial charge in [0.25, 0.3) is 5.56 Å². The van der Waals surface area contributed by atoms with Gasteiger partial charge in [-0.2, -0.15) is 0 Å². The van der Waals surface area contributed by atoms with Gasteiger partial charge in [-0.05, 0) is 30.5 Å². The predicted octanol–water partition coefficient (Wildman–Crippen LogP) is 3.89. The summed E-state index contributed by atoms with van der Waals surface area (Å²) in [6.45, 7) is 2.65. The average Bonchev–Trinajstić information content (AvgIpc) is 3.38. The fourth-order valence-corrected chi connectivity index (χ4v) is 4.48. The highest BCUT2D eigenvalue weighted by Gasteiger charge is 2.20. The van der Waals surface area contributed by atoms with Crippen LogP contribution in [0.15, 0.2) is 75.3 Å². The summed E-state index contributed by atoms with van der Waals surface area (Å²) in [5, 5.41) is 5.17. The Morgan fingerprint density at radius 1 is 1.10 bits per heavy atom. The van der Waals surface area contributed by atoms with Crippen LogP contribution in [0.25, 0.3) is 22.1 Å². The van der Waals surface area contributed by atoms with Crippen molar-refractivity contribution < 1.29 is 9.73 Å². The van der Waals surface area contributed by atoms with Crippen LogP contribution < -0.4 is 10.9 Å². The van der Waals surface area contributed by atoms with Gasteiger partial charge in [0, 0.05) is 10.9 Å². The Morgan fingerprint density at radius 2 is 1.93 bits per heavy atom. The molecular weight excluding hydrogens is 382 g/mol. The summed E-state index contributed by atoms with van der Waals surface area (Å²) < 4.78 is 5.69. The smallest absolute Gasteiger partial charge is 0.294 e. The minimum Gasteiger partial charge on any atom is -0.449 e. The lowest BCUT2D eigenvalue weighted by molar-refractivity contribution is -0.702. The highest BCUT2D eigenvalue weighted by Crippen LogP contribution is 2.25. The van der Waals surface area contributed by atoms with Crippen LogP contribution in [-0.4, -0.2) is 9.97 Å². The van der Waals surface area contributed by atoms with E-state index in [1.807, 2.05) is 24.3 Å². The summed E-state index contributed by atoms with van der Waals surface area (Å²) in [6.07, 6.45) is 0. The Hall–Kier alpha value is -3.22. The van der Waals surface area contributed by atoms with E-state index >= 15 is 0 Å². The molecule has 3 aromatic heterocycles. The maximum atomic E-state index is 12.5. The molecule has 2 aromatic carbocycles. The quantitative estimate of drug-likeness (QED) is 0.468. The molecule has 3 heterocycles. The molecule has 5 rings (SSSR count). The maximum Gasteiger partial charge on any atom is 0.294 e. The number of aromatic amines is 1. The van der Waals surface area contributed by atoms with E-state index < -0.39 is 0 Å². The van der Waals surface area contributed by atoms with Crippen LogP contribution in [-0.2, 0) is 6.54 Å². The molecule has 0 saturated heterocycles. The Morgan fingerprint density at radius 3 is 2.72 bits per heavy atom. The standard InChI is InChI=1S/C23H19N3O2S/c1-14-8-10-15(11-9-14)20(18-7-4-12-29-18)24-13-19-25-21-16-5-2-3-6-17(16)28-22(21)23(27)26-19/h2-12,20,24H,13H2,1H3,(H,25,26,27)/p+1/t20-/m1/s1. The van der Waals surface area contributed by atoms with Crippen molar-refractivity contribution in [1.82, 2.24) is 9.97 Å². The number of rotatable bonds is 5. The number of H-pyrrole nitrogens is 1. The highest BCUT2D eigenvalue weighted by atomic mass is 32.1. The Bertz CT molecular complexity index is 1330. The zero-order valence-electron chi connectivity index (χ0n) is 15.9.